The van der Waals surface area contributed by atoms with Gasteiger partial charge in [0.25, 0.3) is 0 Å². The summed E-state index contributed by atoms with van der Waals surface area (Å²) in [5, 5.41) is 0. The van der Waals surface area contributed by atoms with Crippen LogP contribution >= 0.6 is 0 Å². The minimum Gasteiger partial charge on any atom is -0.461 e. The fourth-order valence-electron chi connectivity index (χ4n) is 2.10. The van der Waals surface area contributed by atoms with E-state index in [1.54, 1.807) is 19.2 Å². The number of carbonyl (C=O) groups is 1. The Hall–Kier alpha value is -1.81. The van der Waals surface area contributed by atoms with Gasteiger partial charge in [0, 0.05) is 30.6 Å². The van der Waals surface area contributed by atoms with Crippen molar-refractivity contribution in [2.24, 2.45) is 0 Å². The van der Waals surface area contributed by atoms with Crippen LogP contribution in [0, 0.1) is 13.8 Å². The zero-order valence-electron chi connectivity index (χ0n) is 10.9. The summed E-state index contributed by atoms with van der Waals surface area (Å²) in [6.07, 6.45) is 1.51. The highest BCUT2D eigenvalue weighted by atomic mass is 16.5. The first-order chi connectivity index (χ1) is 8.65. The first-order valence-electron chi connectivity index (χ1n) is 5.89. The molecule has 0 aromatic carbocycles. The van der Waals surface area contributed by atoms with E-state index in [-0.39, 0.29) is 5.78 Å². The summed E-state index contributed by atoms with van der Waals surface area (Å²) < 4.78 is 12.3. The maximum Gasteiger partial charge on any atom is 0.229 e. The standard InChI is InChI=1S/C14H17NO3/c1-10-9-12(11(2)15(10)6-8-17-3)14(16)13-5-4-7-18-13/h4-5,7,9H,6,8H2,1-3H3. The first-order valence-corrected chi connectivity index (χ1v) is 5.89. The van der Waals surface area contributed by atoms with Crippen LogP contribution in [0.1, 0.15) is 27.5 Å². The van der Waals surface area contributed by atoms with Crippen molar-refractivity contribution >= 4 is 5.78 Å². The lowest BCUT2D eigenvalue weighted by Gasteiger charge is -2.08. The number of furan rings is 1. The molecule has 0 spiro atoms. The van der Waals surface area contributed by atoms with Crippen LogP contribution in [-0.4, -0.2) is 24.1 Å². The second-order valence-electron chi connectivity index (χ2n) is 4.24. The topological polar surface area (TPSA) is 44.4 Å². The number of hydrogen-bond acceptors (Lipinski definition) is 3. The lowest BCUT2D eigenvalue weighted by molar-refractivity contribution is 0.101. The predicted octanol–water partition coefficient (Wildman–Crippen LogP) is 2.58. The minimum absolute atomic E-state index is 0.0724. The molecule has 0 aliphatic rings. The first kappa shape index (κ1) is 12.6. The van der Waals surface area contributed by atoms with Crippen molar-refractivity contribution in [2.45, 2.75) is 20.4 Å². The molecule has 0 aliphatic carbocycles. The van der Waals surface area contributed by atoms with E-state index in [4.69, 9.17) is 9.15 Å². The van der Waals surface area contributed by atoms with E-state index in [0.29, 0.717) is 17.9 Å². The second-order valence-corrected chi connectivity index (χ2v) is 4.24. The van der Waals surface area contributed by atoms with Gasteiger partial charge in [-0.15, -0.1) is 0 Å². The molecule has 0 radical (unpaired) electrons. The van der Waals surface area contributed by atoms with Gasteiger partial charge in [-0.3, -0.25) is 4.79 Å². The number of nitrogens with zero attached hydrogens (tertiary/aromatic N) is 1. The van der Waals surface area contributed by atoms with Crippen molar-refractivity contribution in [3.8, 4) is 0 Å². The molecule has 18 heavy (non-hydrogen) atoms. The van der Waals surface area contributed by atoms with Crippen LogP contribution < -0.4 is 0 Å². The average Bonchev–Trinajstić information content (AvgIpc) is 2.96. The molecule has 0 N–H and O–H groups in total. The van der Waals surface area contributed by atoms with Gasteiger partial charge < -0.3 is 13.7 Å². The second kappa shape index (κ2) is 5.23. The molecule has 2 aromatic rings. The van der Waals surface area contributed by atoms with E-state index in [0.717, 1.165) is 17.9 Å². The van der Waals surface area contributed by atoms with Gasteiger partial charge in [-0.2, -0.15) is 0 Å². The molecule has 2 rings (SSSR count). The molecule has 0 saturated carbocycles. The molecular formula is C14H17NO3. The van der Waals surface area contributed by atoms with Crippen molar-refractivity contribution in [1.29, 1.82) is 0 Å². The van der Waals surface area contributed by atoms with Crippen LogP contribution in [0.4, 0.5) is 0 Å². The van der Waals surface area contributed by atoms with Crippen molar-refractivity contribution in [3.63, 3.8) is 0 Å². The van der Waals surface area contributed by atoms with Crippen LogP contribution in [0.2, 0.25) is 0 Å². The molecule has 96 valence electrons. The van der Waals surface area contributed by atoms with E-state index in [9.17, 15) is 4.79 Å². The highest BCUT2D eigenvalue weighted by Crippen LogP contribution is 2.19. The monoisotopic (exact) mass is 247 g/mol. The Labute approximate surface area is 106 Å². The fourth-order valence-corrected chi connectivity index (χ4v) is 2.10. The summed E-state index contributed by atoms with van der Waals surface area (Å²) in [6.45, 7) is 5.31. The molecule has 4 heteroatoms. The highest BCUT2D eigenvalue weighted by Gasteiger charge is 2.18. The average molecular weight is 247 g/mol. The van der Waals surface area contributed by atoms with Crippen LogP contribution in [0.25, 0.3) is 0 Å². The molecular weight excluding hydrogens is 230 g/mol. The summed E-state index contributed by atoms with van der Waals surface area (Å²) in [5.41, 5.74) is 2.70. The third kappa shape index (κ3) is 2.24. The van der Waals surface area contributed by atoms with Crippen LogP contribution in [0.5, 0.6) is 0 Å². The number of carbonyl (C=O) groups excluding carboxylic acids is 1. The van der Waals surface area contributed by atoms with E-state index in [1.165, 1.54) is 6.26 Å². The Morgan fingerprint density at radius 2 is 2.22 bits per heavy atom. The van der Waals surface area contributed by atoms with Crippen molar-refractivity contribution in [1.82, 2.24) is 4.57 Å². The lowest BCUT2D eigenvalue weighted by Crippen LogP contribution is -2.09. The van der Waals surface area contributed by atoms with Gasteiger partial charge >= 0.3 is 0 Å². The van der Waals surface area contributed by atoms with Crippen molar-refractivity contribution < 1.29 is 13.9 Å². The van der Waals surface area contributed by atoms with Gasteiger partial charge in [-0.25, -0.2) is 0 Å². The quantitative estimate of drug-likeness (QED) is 0.763. The third-order valence-electron chi connectivity index (χ3n) is 3.08. The van der Waals surface area contributed by atoms with Gasteiger partial charge in [0.05, 0.1) is 12.9 Å². The SMILES string of the molecule is COCCn1c(C)cc(C(=O)c2ccco2)c1C. The van der Waals surface area contributed by atoms with Gasteiger partial charge in [-0.1, -0.05) is 0 Å². The highest BCUT2D eigenvalue weighted by molar-refractivity contribution is 6.08. The zero-order chi connectivity index (χ0) is 13.1. The number of hydrogen-bond donors (Lipinski definition) is 0. The molecule has 0 atom stereocenters. The summed E-state index contributed by atoms with van der Waals surface area (Å²) in [5.74, 6) is 0.304. The van der Waals surface area contributed by atoms with Crippen LogP contribution in [0.15, 0.2) is 28.9 Å². The van der Waals surface area contributed by atoms with E-state index < -0.39 is 0 Å². The fraction of sp³-hybridized carbons (Fsp3) is 0.357. The van der Waals surface area contributed by atoms with Crippen LogP contribution in [0.3, 0.4) is 0 Å². The number of aryl methyl sites for hydroxylation is 1. The molecule has 0 saturated heterocycles. The normalized spacial score (nSPS) is 10.8. The molecule has 4 nitrogen and oxygen atoms in total. The molecule has 0 amide bonds. The maximum atomic E-state index is 12.2. The Bertz CT molecular complexity index is 538. The van der Waals surface area contributed by atoms with Crippen molar-refractivity contribution in [2.75, 3.05) is 13.7 Å². The molecule has 2 heterocycles. The number of aromatic nitrogens is 1. The summed E-state index contributed by atoms with van der Waals surface area (Å²) in [6, 6.07) is 5.30. The van der Waals surface area contributed by atoms with E-state index in [1.807, 2.05) is 19.9 Å². The Morgan fingerprint density at radius 1 is 1.44 bits per heavy atom. The Balaban J connectivity index is 2.32. The molecule has 0 bridgehead atoms. The molecule has 0 aliphatic heterocycles. The van der Waals surface area contributed by atoms with Gasteiger partial charge in [0.15, 0.2) is 5.76 Å². The molecule has 0 unspecified atom stereocenters. The summed E-state index contributed by atoms with van der Waals surface area (Å²) in [4.78, 5) is 12.2. The summed E-state index contributed by atoms with van der Waals surface area (Å²) in [7, 11) is 1.67. The largest absolute Gasteiger partial charge is 0.461 e. The van der Waals surface area contributed by atoms with E-state index in [2.05, 4.69) is 4.57 Å². The van der Waals surface area contributed by atoms with Gasteiger partial charge in [0.1, 0.15) is 0 Å². The lowest BCUT2D eigenvalue weighted by atomic mass is 10.1. The number of methoxy groups -OCH3 is 1. The Kier molecular flexibility index (Phi) is 3.67. The molecule has 0 fully saturated rings. The smallest absolute Gasteiger partial charge is 0.229 e. The number of rotatable bonds is 5. The number of ketones is 1. The number of ether oxygens (including phenoxy) is 1. The maximum absolute atomic E-state index is 12.2. The van der Waals surface area contributed by atoms with Gasteiger partial charge in [0.2, 0.25) is 5.78 Å². The minimum atomic E-state index is -0.0724. The van der Waals surface area contributed by atoms with E-state index >= 15 is 0 Å². The third-order valence-corrected chi connectivity index (χ3v) is 3.08. The van der Waals surface area contributed by atoms with Gasteiger partial charge in [-0.05, 0) is 32.0 Å². The van der Waals surface area contributed by atoms with Crippen LogP contribution in [-0.2, 0) is 11.3 Å². The molecule has 2 aromatic heterocycles. The Morgan fingerprint density at radius 3 is 2.83 bits per heavy atom. The zero-order valence-corrected chi connectivity index (χ0v) is 10.9. The van der Waals surface area contributed by atoms with Crippen molar-refractivity contribution in [3.05, 3.63) is 47.2 Å². The summed E-state index contributed by atoms with van der Waals surface area (Å²) >= 11 is 0. The predicted molar refractivity (Wildman–Crippen MR) is 67.9 cm³/mol.